The Morgan fingerprint density at radius 3 is 2.57 bits per heavy atom. The summed E-state index contributed by atoms with van der Waals surface area (Å²) >= 11 is 0. The second kappa shape index (κ2) is 7.22. The molecule has 1 aromatic rings. The Kier molecular flexibility index (Phi) is 4.89. The molecular formula is C27H37NO2. The summed E-state index contributed by atoms with van der Waals surface area (Å²) in [7, 11) is 2.06. The van der Waals surface area contributed by atoms with Gasteiger partial charge in [0.1, 0.15) is 0 Å². The Bertz CT molecular complexity index is 848. The summed E-state index contributed by atoms with van der Waals surface area (Å²) in [5, 5.41) is 10.2. The average molecular weight is 408 g/mol. The number of Topliss-reactive ketones (excluding diaryl/α,β-unsaturated/α-hetero) is 1. The summed E-state index contributed by atoms with van der Waals surface area (Å²) in [6.07, 6.45) is 10.8. The first-order valence-electron chi connectivity index (χ1n) is 12.0. The van der Waals surface area contributed by atoms with Gasteiger partial charge in [-0.1, -0.05) is 32.0 Å². The average Bonchev–Trinajstić information content (AvgIpc) is 3.00. The lowest BCUT2D eigenvalue weighted by Crippen LogP contribution is -2.54. The highest BCUT2D eigenvalue weighted by molar-refractivity contribution is 6.02. The molecule has 4 saturated carbocycles. The van der Waals surface area contributed by atoms with Crippen LogP contribution >= 0.6 is 0 Å². The van der Waals surface area contributed by atoms with Crippen molar-refractivity contribution in [1.82, 2.24) is 0 Å². The number of carbonyl (C=O) groups is 1. The molecule has 4 aliphatic carbocycles. The lowest BCUT2D eigenvalue weighted by atomic mass is 9.45. The first kappa shape index (κ1) is 20.3. The van der Waals surface area contributed by atoms with E-state index in [4.69, 9.17) is 0 Å². The van der Waals surface area contributed by atoms with E-state index in [-0.39, 0.29) is 11.5 Å². The van der Waals surface area contributed by atoms with Crippen LogP contribution in [0.1, 0.15) is 65.2 Å². The molecule has 30 heavy (non-hydrogen) atoms. The summed E-state index contributed by atoms with van der Waals surface area (Å²) in [5.41, 5.74) is 2.34. The minimum Gasteiger partial charge on any atom is -0.393 e. The van der Waals surface area contributed by atoms with Gasteiger partial charge < -0.3 is 10.0 Å². The molecule has 0 spiro atoms. The summed E-state index contributed by atoms with van der Waals surface area (Å²) in [6, 6.07) is 10.3. The van der Waals surface area contributed by atoms with Crippen molar-refractivity contribution in [2.24, 2.45) is 34.5 Å². The number of hydrogen-bond acceptors (Lipinski definition) is 3. The SMILES string of the molecule is CN(/C=C1\C[C@H]2[C@@H]3CC[C@H]4C[C@H](O)CC[C@]4(C)[C@H]3CC[C@]2(C)C1=O)c1ccccc1. The van der Waals surface area contributed by atoms with Crippen LogP contribution in [0.2, 0.25) is 0 Å². The van der Waals surface area contributed by atoms with Crippen molar-refractivity contribution in [1.29, 1.82) is 0 Å². The lowest BCUT2D eigenvalue weighted by Gasteiger charge is -2.59. The molecule has 0 unspecified atom stereocenters. The lowest BCUT2D eigenvalue weighted by molar-refractivity contribution is -0.141. The molecule has 0 heterocycles. The molecule has 0 saturated heterocycles. The van der Waals surface area contributed by atoms with Crippen LogP contribution in [0.5, 0.6) is 0 Å². The summed E-state index contributed by atoms with van der Waals surface area (Å²) in [6.45, 7) is 4.78. The van der Waals surface area contributed by atoms with E-state index in [1.165, 1.54) is 19.3 Å². The number of fused-ring (bicyclic) bond motifs is 5. The van der Waals surface area contributed by atoms with Crippen LogP contribution in [0.3, 0.4) is 0 Å². The Morgan fingerprint density at radius 2 is 1.80 bits per heavy atom. The molecule has 7 atom stereocenters. The highest BCUT2D eigenvalue weighted by Crippen LogP contribution is 2.66. The minimum atomic E-state index is -0.179. The third kappa shape index (κ3) is 2.99. The number of anilines is 1. The van der Waals surface area contributed by atoms with Gasteiger partial charge in [-0.15, -0.1) is 0 Å². The number of aliphatic hydroxyl groups excluding tert-OH is 1. The standard InChI is InChI=1S/C27H37NO2/c1-26-13-11-21(29)16-19(26)9-10-22-23(26)12-14-27(2)24(22)15-18(25(27)30)17-28(3)20-7-5-4-6-8-20/h4-8,17,19,21-24,29H,9-16H2,1-3H3/b18-17+/t19-,21+,22+,23-,24-,26-,27-/m0/s1. The molecule has 162 valence electrons. The zero-order chi connectivity index (χ0) is 21.1. The van der Waals surface area contributed by atoms with Gasteiger partial charge in [0, 0.05) is 29.9 Å². The number of ketones is 1. The Hall–Kier alpha value is -1.61. The van der Waals surface area contributed by atoms with Crippen LogP contribution in [0.25, 0.3) is 0 Å². The summed E-state index contributed by atoms with van der Waals surface area (Å²) in [5.74, 6) is 2.95. The first-order chi connectivity index (χ1) is 14.3. The molecule has 5 rings (SSSR count). The topological polar surface area (TPSA) is 40.5 Å². The van der Waals surface area contributed by atoms with Crippen molar-refractivity contribution in [3.63, 3.8) is 0 Å². The van der Waals surface area contributed by atoms with Crippen LogP contribution in [0.15, 0.2) is 42.1 Å². The van der Waals surface area contributed by atoms with Crippen molar-refractivity contribution < 1.29 is 9.90 Å². The fourth-order valence-electron chi connectivity index (χ4n) is 7.99. The van der Waals surface area contributed by atoms with E-state index in [2.05, 4.69) is 44.1 Å². The van der Waals surface area contributed by atoms with Gasteiger partial charge in [-0.2, -0.15) is 0 Å². The summed E-state index contributed by atoms with van der Waals surface area (Å²) < 4.78 is 0. The van der Waals surface area contributed by atoms with Gasteiger partial charge in [0.15, 0.2) is 5.78 Å². The molecule has 4 aliphatic rings. The fourth-order valence-corrected chi connectivity index (χ4v) is 7.99. The smallest absolute Gasteiger partial charge is 0.166 e. The Balaban J connectivity index is 1.42. The van der Waals surface area contributed by atoms with Gasteiger partial charge in [-0.25, -0.2) is 0 Å². The van der Waals surface area contributed by atoms with Crippen molar-refractivity contribution in [3.05, 3.63) is 42.1 Å². The number of para-hydroxylation sites is 1. The monoisotopic (exact) mass is 407 g/mol. The third-order valence-electron chi connectivity index (χ3n) is 9.79. The molecule has 0 aliphatic heterocycles. The van der Waals surface area contributed by atoms with E-state index >= 15 is 0 Å². The number of nitrogens with zero attached hydrogens (tertiary/aromatic N) is 1. The van der Waals surface area contributed by atoms with Crippen LogP contribution in [-0.4, -0.2) is 24.0 Å². The van der Waals surface area contributed by atoms with Crippen LogP contribution in [0, 0.1) is 34.5 Å². The van der Waals surface area contributed by atoms with Gasteiger partial charge >= 0.3 is 0 Å². The molecule has 0 bridgehead atoms. The maximum Gasteiger partial charge on any atom is 0.166 e. The molecule has 0 radical (unpaired) electrons. The van der Waals surface area contributed by atoms with Gasteiger partial charge in [-0.05, 0) is 92.6 Å². The number of allylic oxidation sites excluding steroid dienone is 1. The normalized spacial score (nSPS) is 44.3. The van der Waals surface area contributed by atoms with E-state index in [0.717, 1.165) is 49.3 Å². The second-order valence-corrected chi connectivity index (χ2v) is 11.2. The highest BCUT2D eigenvalue weighted by Gasteiger charge is 2.61. The maximum atomic E-state index is 13.6. The highest BCUT2D eigenvalue weighted by atomic mass is 16.3. The van der Waals surface area contributed by atoms with Crippen molar-refractivity contribution in [2.45, 2.75) is 71.3 Å². The van der Waals surface area contributed by atoms with E-state index in [1.807, 2.05) is 18.2 Å². The molecule has 0 amide bonds. The van der Waals surface area contributed by atoms with Crippen molar-refractivity contribution in [2.75, 3.05) is 11.9 Å². The van der Waals surface area contributed by atoms with Gasteiger partial charge in [0.05, 0.1) is 6.10 Å². The Labute approximate surface area is 181 Å². The van der Waals surface area contributed by atoms with E-state index in [1.54, 1.807) is 0 Å². The van der Waals surface area contributed by atoms with E-state index < -0.39 is 0 Å². The van der Waals surface area contributed by atoms with Gasteiger partial charge in [0.25, 0.3) is 0 Å². The number of hydrogen-bond donors (Lipinski definition) is 1. The van der Waals surface area contributed by atoms with Crippen LogP contribution in [0.4, 0.5) is 5.69 Å². The second-order valence-electron chi connectivity index (χ2n) is 11.2. The molecule has 0 aromatic heterocycles. The quantitative estimate of drug-likeness (QED) is 0.650. The van der Waals surface area contributed by atoms with E-state index in [9.17, 15) is 9.90 Å². The van der Waals surface area contributed by atoms with E-state index in [0.29, 0.717) is 29.0 Å². The van der Waals surface area contributed by atoms with Gasteiger partial charge in [-0.3, -0.25) is 4.79 Å². The zero-order valence-electron chi connectivity index (χ0n) is 18.8. The minimum absolute atomic E-state index is 0.0930. The molecule has 1 N–H and O–H groups in total. The van der Waals surface area contributed by atoms with Crippen molar-refractivity contribution >= 4 is 11.5 Å². The molecule has 4 fully saturated rings. The number of carbonyl (C=O) groups excluding carboxylic acids is 1. The van der Waals surface area contributed by atoms with Crippen LogP contribution in [-0.2, 0) is 4.79 Å². The fraction of sp³-hybridized carbons (Fsp3) is 0.667. The summed E-state index contributed by atoms with van der Waals surface area (Å²) in [4.78, 5) is 15.7. The molecule has 3 nitrogen and oxygen atoms in total. The number of benzene rings is 1. The third-order valence-corrected chi connectivity index (χ3v) is 9.79. The first-order valence-corrected chi connectivity index (χ1v) is 12.0. The largest absolute Gasteiger partial charge is 0.393 e. The number of aliphatic hydroxyl groups is 1. The predicted molar refractivity (Wildman–Crippen MR) is 121 cm³/mol. The predicted octanol–water partition coefficient (Wildman–Crippen LogP) is 5.59. The van der Waals surface area contributed by atoms with Gasteiger partial charge in [0.2, 0.25) is 0 Å². The molecular weight excluding hydrogens is 370 g/mol. The molecule has 1 aromatic carbocycles. The van der Waals surface area contributed by atoms with Crippen molar-refractivity contribution in [3.8, 4) is 0 Å². The Morgan fingerprint density at radius 1 is 1.03 bits per heavy atom. The van der Waals surface area contributed by atoms with Crippen LogP contribution < -0.4 is 4.90 Å². The molecule has 3 heteroatoms. The number of rotatable bonds is 2. The zero-order valence-corrected chi connectivity index (χ0v) is 18.8. The maximum absolute atomic E-state index is 13.6.